The summed E-state index contributed by atoms with van der Waals surface area (Å²) >= 11 is 0. The number of carboxylic acids is 1. The molecule has 0 saturated carbocycles. The third-order valence-electron chi connectivity index (χ3n) is 2.80. The number of ether oxygens (including phenoxy) is 1. The first kappa shape index (κ1) is 13.0. The number of aliphatic carboxylic acids is 1. The fraction of sp³-hybridized carbons (Fsp3) is 0.333. The van der Waals surface area contributed by atoms with Crippen LogP contribution in [0.4, 0.5) is 0 Å². The Morgan fingerprint density at radius 1 is 1.53 bits per heavy atom. The summed E-state index contributed by atoms with van der Waals surface area (Å²) in [5, 5.41) is 20.2. The summed E-state index contributed by atoms with van der Waals surface area (Å²) in [6.07, 6.45) is 0.290. The average molecular weight is 262 g/mol. The number of hydrogen-bond donors (Lipinski definition) is 1. The van der Waals surface area contributed by atoms with Crippen LogP contribution in [0.15, 0.2) is 24.3 Å². The number of benzene rings is 1. The molecule has 7 nitrogen and oxygen atoms in total. The zero-order valence-electron chi connectivity index (χ0n) is 10.6. The minimum atomic E-state index is -0.974. The number of aromatic nitrogens is 4. The minimum Gasteiger partial charge on any atom is -0.497 e. The van der Waals surface area contributed by atoms with Gasteiger partial charge in [0.15, 0.2) is 6.04 Å². The van der Waals surface area contributed by atoms with Gasteiger partial charge < -0.3 is 9.84 Å². The monoisotopic (exact) mass is 262 g/mol. The van der Waals surface area contributed by atoms with Crippen LogP contribution in [0.1, 0.15) is 17.4 Å². The van der Waals surface area contributed by atoms with Crippen LogP contribution >= 0.6 is 0 Å². The summed E-state index contributed by atoms with van der Waals surface area (Å²) in [5.41, 5.74) is 0.849. The first-order valence-electron chi connectivity index (χ1n) is 5.72. The normalized spacial score (nSPS) is 12.1. The van der Waals surface area contributed by atoms with Crippen LogP contribution in [0.2, 0.25) is 0 Å². The molecule has 1 atom stereocenters. The van der Waals surface area contributed by atoms with Crippen LogP contribution in [-0.4, -0.2) is 38.4 Å². The van der Waals surface area contributed by atoms with E-state index in [1.165, 1.54) is 4.68 Å². The molecule has 1 aromatic heterocycles. The molecule has 1 aromatic carbocycles. The highest BCUT2D eigenvalue weighted by Crippen LogP contribution is 2.19. The van der Waals surface area contributed by atoms with Gasteiger partial charge in [-0.25, -0.2) is 9.48 Å². The van der Waals surface area contributed by atoms with Crippen LogP contribution in [0.5, 0.6) is 5.75 Å². The number of methoxy groups -OCH3 is 1. The van der Waals surface area contributed by atoms with Crippen LogP contribution in [-0.2, 0) is 11.2 Å². The third kappa shape index (κ3) is 2.87. The van der Waals surface area contributed by atoms with E-state index in [1.54, 1.807) is 20.1 Å². The molecule has 19 heavy (non-hydrogen) atoms. The van der Waals surface area contributed by atoms with Crippen LogP contribution in [0.25, 0.3) is 0 Å². The van der Waals surface area contributed by atoms with Crippen molar-refractivity contribution in [2.24, 2.45) is 0 Å². The number of rotatable bonds is 5. The fourth-order valence-corrected chi connectivity index (χ4v) is 1.83. The molecule has 2 aromatic rings. The molecule has 0 aliphatic rings. The van der Waals surface area contributed by atoms with E-state index in [0.717, 1.165) is 5.56 Å². The van der Waals surface area contributed by atoms with Crippen molar-refractivity contribution in [2.45, 2.75) is 19.4 Å². The van der Waals surface area contributed by atoms with Crippen LogP contribution in [0.3, 0.4) is 0 Å². The molecular formula is C12H14N4O3. The molecule has 0 aliphatic heterocycles. The maximum Gasteiger partial charge on any atom is 0.328 e. The number of nitrogens with zero attached hydrogens (tertiary/aromatic N) is 4. The maximum absolute atomic E-state index is 11.4. The molecular weight excluding hydrogens is 248 g/mol. The van der Waals surface area contributed by atoms with E-state index in [-0.39, 0.29) is 0 Å². The van der Waals surface area contributed by atoms with Crippen molar-refractivity contribution in [2.75, 3.05) is 7.11 Å². The van der Waals surface area contributed by atoms with Gasteiger partial charge in [-0.15, -0.1) is 5.10 Å². The lowest BCUT2D eigenvalue weighted by Gasteiger charge is -2.13. The topological polar surface area (TPSA) is 90.1 Å². The molecule has 0 fully saturated rings. The van der Waals surface area contributed by atoms with Gasteiger partial charge in [-0.1, -0.05) is 12.1 Å². The number of carboxylic acid groups (broad SMARTS) is 1. The van der Waals surface area contributed by atoms with E-state index < -0.39 is 12.0 Å². The van der Waals surface area contributed by atoms with E-state index >= 15 is 0 Å². The Morgan fingerprint density at radius 3 is 2.89 bits per heavy atom. The molecule has 0 saturated heterocycles. The number of tetrazole rings is 1. The van der Waals surface area contributed by atoms with Gasteiger partial charge in [-0.05, 0) is 35.0 Å². The Bertz CT molecular complexity index is 582. The molecule has 100 valence electrons. The van der Waals surface area contributed by atoms with Gasteiger partial charge >= 0.3 is 5.97 Å². The predicted molar refractivity (Wildman–Crippen MR) is 65.9 cm³/mol. The average Bonchev–Trinajstić information content (AvgIpc) is 2.82. The Labute approximate surface area is 109 Å². The molecule has 2 rings (SSSR count). The lowest BCUT2D eigenvalue weighted by molar-refractivity contribution is -0.141. The summed E-state index contributed by atoms with van der Waals surface area (Å²) < 4.78 is 6.42. The molecule has 0 spiro atoms. The quantitative estimate of drug-likeness (QED) is 0.859. The van der Waals surface area contributed by atoms with Crippen molar-refractivity contribution >= 4 is 5.97 Å². The summed E-state index contributed by atoms with van der Waals surface area (Å²) in [7, 11) is 1.57. The van der Waals surface area contributed by atoms with Crippen molar-refractivity contribution in [1.82, 2.24) is 20.2 Å². The number of aryl methyl sites for hydroxylation is 1. The van der Waals surface area contributed by atoms with E-state index in [2.05, 4.69) is 15.5 Å². The van der Waals surface area contributed by atoms with Crippen LogP contribution in [0, 0.1) is 6.92 Å². The van der Waals surface area contributed by atoms with Gasteiger partial charge in [-0.2, -0.15) is 0 Å². The first-order valence-corrected chi connectivity index (χ1v) is 5.72. The molecule has 0 unspecified atom stereocenters. The number of hydrogen-bond acceptors (Lipinski definition) is 5. The summed E-state index contributed by atoms with van der Waals surface area (Å²) in [6, 6.07) is 6.44. The van der Waals surface area contributed by atoms with Gasteiger partial charge in [-0.3, -0.25) is 0 Å². The van der Waals surface area contributed by atoms with E-state index in [1.807, 2.05) is 18.2 Å². The van der Waals surface area contributed by atoms with Gasteiger partial charge in [0.05, 0.1) is 7.11 Å². The van der Waals surface area contributed by atoms with Crippen molar-refractivity contribution in [3.05, 3.63) is 35.7 Å². The maximum atomic E-state index is 11.4. The fourth-order valence-electron chi connectivity index (χ4n) is 1.83. The second kappa shape index (κ2) is 5.47. The zero-order chi connectivity index (χ0) is 13.8. The molecule has 0 amide bonds. The van der Waals surface area contributed by atoms with Crippen molar-refractivity contribution in [3.63, 3.8) is 0 Å². The van der Waals surface area contributed by atoms with Gasteiger partial charge in [0.25, 0.3) is 0 Å². The van der Waals surface area contributed by atoms with Crippen molar-refractivity contribution in [3.8, 4) is 5.75 Å². The number of carbonyl (C=O) groups is 1. The molecule has 0 aliphatic carbocycles. The minimum absolute atomic E-state index is 0.290. The molecule has 0 radical (unpaired) electrons. The second-order valence-electron chi connectivity index (χ2n) is 4.08. The molecule has 0 bridgehead atoms. The highest BCUT2D eigenvalue weighted by Gasteiger charge is 2.23. The Morgan fingerprint density at radius 2 is 2.32 bits per heavy atom. The lowest BCUT2D eigenvalue weighted by atomic mass is 10.1. The predicted octanol–water partition coefficient (Wildman–Crippen LogP) is 0.859. The Balaban J connectivity index is 2.27. The Hall–Kier alpha value is -2.44. The largest absolute Gasteiger partial charge is 0.497 e. The van der Waals surface area contributed by atoms with E-state index in [4.69, 9.17) is 4.74 Å². The van der Waals surface area contributed by atoms with E-state index in [9.17, 15) is 9.90 Å². The second-order valence-corrected chi connectivity index (χ2v) is 4.08. The standard InChI is InChI=1S/C12H14N4O3/c1-8-13-14-15-16(8)11(12(17)18)7-9-4-3-5-10(6-9)19-2/h3-6,11H,7H2,1-2H3,(H,17,18)/t11-/m1/s1. The Kier molecular flexibility index (Phi) is 3.74. The van der Waals surface area contributed by atoms with Gasteiger partial charge in [0, 0.05) is 6.42 Å². The third-order valence-corrected chi connectivity index (χ3v) is 2.80. The SMILES string of the molecule is COc1cccc(C[C@H](C(=O)O)n2nnnc2C)c1. The molecule has 1 heterocycles. The highest BCUT2D eigenvalue weighted by atomic mass is 16.5. The van der Waals surface area contributed by atoms with E-state index in [0.29, 0.717) is 18.0 Å². The highest BCUT2D eigenvalue weighted by molar-refractivity contribution is 5.72. The van der Waals surface area contributed by atoms with Gasteiger partial charge in [0.1, 0.15) is 11.6 Å². The summed E-state index contributed by atoms with van der Waals surface area (Å²) in [4.78, 5) is 11.4. The smallest absolute Gasteiger partial charge is 0.328 e. The summed E-state index contributed by atoms with van der Waals surface area (Å²) in [6.45, 7) is 1.67. The zero-order valence-corrected chi connectivity index (χ0v) is 10.6. The van der Waals surface area contributed by atoms with Crippen LogP contribution < -0.4 is 4.74 Å². The molecule has 7 heteroatoms. The van der Waals surface area contributed by atoms with Crippen molar-refractivity contribution < 1.29 is 14.6 Å². The first-order chi connectivity index (χ1) is 9.11. The molecule has 1 N–H and O–H groups in total. The van der Waals surface area contributed by atoms with Gasteiger partial charge in [0.2, 0.25) is 0 Å². The summed E-state index contributed by atoms with van der Waals surface area (Å²) in [5.74, 6) is 0.184. The lowest BCUT2D eigenvalue weighted by Crippen LogP contribution is -2.23. The van der Waals surface area contributed by atoms with Crippen molar-refractivity contribution in [1.29, 1.82) is 0 Å².